The molecule has 0 aliphatic rings. The molecule has 0 aliphatic carbocycles. The highest BCUT2D eigenvalue weighted by molar-refractivity contribution is 5.94. The summed E-state index contributed by atoms with van der Waals surface area (Å²) in [6.07, 6.45) is 0.248. The number of nitrogens with one attached hydrogen (secondary N) is 2. The van der Waals surface area contributed by atoms with Crippen LogP contribution in [0.25, 0.3) is 11.1 Å². The van der Waals surface area contributed by atoms with E-state index in [1.807, 2.05) is 60.7 Å². The number of rotatable bonds is 8. The van der Waals surface area contributed by atoms with E-state index in [-0.39, 0.29) is 24.8 Å². The topological polar surface area (TPSA) is 67.4 Å². The van der Waals surface area contributed by atoms with Crippen molar-refractivity contribution in [3.63, 3.8) is 0 Å². The van der Waals surface area contributed by atoms with Crippen molar-refractivity contribution in [3.05, 3.63) is 90.0 Å². The lowest BCUT2D eigenvalue weighted by Crippen LogP contribution is -2.25. The third kappa shape index (κ3) is 5.69. The van der Waals surface area contributed by atoms with Gasteiger partial charge in [0.1, 0.15) is 5.75 Å². The maximum Gasteiger partial charge on any atom is 0.251 e. The van der Waals surface area contributed by atoms with Crippen LogP contribution in [0.5, 0.6) is 5.75 Å². The zero-order valence-electron chi connectivity index (χ0n) is 16.4. The van der Waals surface area contributed by atoms with Crippen LogP contribution >= 0.6 is 0 Å². The smallest absolute Gasteiger partial charge is 0.251 e. The summed E-state index contributed by atoms with van der Waals surface area (Å²) in [6.45, 7) is 0.651. The highest BCUT2D eigenvalue weighted by Crippen LogP contribution is 2.29. The lowest BCUT2D eigenvalue weighted by Gasteiger charge is -2.12. The molecule has 2 amide bonds. The number of para-hydroxylation sites is 1. The van der Waals surface area contributed by atoms with Gasteiger partial charge in [0.25, 0.3) is 5.91 Å². The second-order valence-corrected chi connectivity index (χ2v) is 6.52. The molecule has 29 heavy (non-hydrogen) atoms. The Hall–Kier alpha value is -3.60. The summed E-state index contributed by atoms with van der Waals surface area (Å²) in [7, 11) is 1.59. The molecule has 0 heterocycles. The van der Waals surface area contributed by atoms with Crippen molar-refractivity contribution in [2.24, 2.45) is 0 Å². The van der Waals surface area contributed by atoms with E-state index >= 15 is 0 Å². The van der Waals surface area contributed by atoms with E-state index < -0.39 is 0 Å². The normalized spacial score (nSPS) is 10.2. The van der Waals surface area contributed by atoms with Crippen LogP contribution in [0.3, 0.4) is 0 Å². The Bertz CT molecular complexity index is 971. The average Bonchev–Trinajstić information content (AvgIpc) is 2.78. The van der Waals surface area contributed by atoms with Crippen molar-refractivity contribution in [1.29, 1.82) is 0 Å². The average molecular weight is 388 g/mol. The second kappa shape index (κ2) is 10.1. The quantitative estimate of drug-likeness (QED) is 0.617. The minimum absolute atomic E-state index is 0.104. The summed E-state index contributed by atoms with van der Waals surface area (Å²) in [5.74, 6) is 0.501. The highest BCUT2D eigenvalue weighted by Gasteiger charge is 2.08. The van der Waals surface area contributed by atoms with Crippen LogP contribution in [0.4, 0.5) is 0 Å². The number of carbonyl (C=O) groups excluding carboxylic acids is 2. The minimum Gasteiger partial charge on any atom is -0.492 e. The van der Waals surface area contributed by atoms with Crippen molar-refractivity contribution in [1.82, 2.24) is 10.6 Å². The number of amides is 2. The molecule has 0 saturated heterocycles. The van der Waals surface area contributed by atoms with Gasteiger partial charge in [-0.3, -0.25) is 9.59 Å². The standard InChI is InChI=1S/C24H24N2O3/c1-25-24(28)20-11-7-8-18(16-20)17-26-23(27)14-15-29-22-13-6-5-12-21(22)19-9-3-2-4-10-19/h2-13,16H,14-15,17H2,1H3,(H,25,28)(H,26,27). The van der Waals surface area contributed by atoms with Crippen LogP contribution in [-0.4, -0.2) is 25.5 Å². The molecule has 5 heteroatoms. The lowest BCUT2D eigenvalue weighted by molar-refractivity contribution is -0.121. The fraction of sp³-hybridized carbons (Fsp3) is 0.167. The molecule has 0 aromatic heterocycles. The molecule has 3 rings (SSSR count). The molecule has 3 aromatic carbocycles. The maximum absolute atomic E-state index is 12.2. The fourth-order valence-corrected chi connectivity index (χ4v) is 2.96. The van der Waals surface area contributed by atoms with Gasteiger partial charge in [-0.05, 0) is 29.3 Å². The van der Waals surface area contributed by atoms with Crippen molar-refractivity contribution in [2.75, 3.05) is 13.7 Å². The monoisotopic (exact) mass is 388 g/mol. The van der Waals surface area contributed by atoms with Gasteiger partial charge in [0.05, 0.1) is 13.0 Å². The Kier molecular flexibility index (Phi) is 7.00. The molecule has 0 radical (unpaired) electrons. The molecule has 5 nitrogen and oxygen atoms in total. The molecule has 0 aliphatic heterocycles. The van der Waals surface area contributed by atoms with Crippen LogP contribution in [0.15, 0.2) is 78.9 Å². The molecule has 0 unspecified atom stereocenters. The van der Waals surface area contributed by atoms with E-state index in [2.05, 4.69) is 10.6 Å². The first kappa shape index (κ1) is 20.1. The Balaban J connectivity index is 1.51. The molecule has 0 spiro atoms. The molecule has 3 aromatic rings. The van der Waals surface area contributed by atoms with Gasteiger partial charge >= 0.3 is 0 Å². The predicted molar refractivity (Wildman–Crippen MR) is 114 cm³/mol. The first-order valence-corrected chi connectivity index (χ1v) is 9.52. The Morgan fingerprint density at radius 1 is 0.897 bits per heavy atom. The third-order valence-electron chi connectivity index (χ3n) is 4.46. The number of ether oxygens (including phenoxy) is 1. The van der Waals surface area contributed by atoms with E-state index in [1.54, 1.807) is 25.2 Å². The molecule has 0 atom stereocenters. The van der Waals surface area contributed by atoms with Crippen LogP contribution in [0.2, 0.25) is 0 Å². The van der Waals surface area contributed by atoms with E-state index in [4.69, 9.17) is 4.74 Å². The Morgan fingerprint density at radius 2 is 1.66 bits per heavy atom. The lowest BCUT2D eigenvalue weighted by atomic mass is 10.1. The number of hydrogen-bond acceptors (Lipinski definition) is 3. The Morgan fingerprint density at radius 3 is 2.45 bits per heavy atom. The van der Waals surface area contributed by atoms with Crippen LogP contribution in [-0.2, 0) is 11.3 Å². The van der Waals surface area contributed by atoms with Gasteiger partial charge in [-0.2, -0.15) is 0 Å². The summed E-state index contributed by atoms with van der Waals surface area (Å²) in [5.41, 5.74) is 3.51. The van der Waals surface area contributed by atoms with Crippen molar-refractivity contribution in [2.45, 2.75) is 13.0 Å². The SMILES string of the molecule is CNC(=O)c1cccc(CNC(=O)CCOc2ccccc2-c2ccccc2)c1. The summed E-state index contributed by atoms with van der Waals surface area (Å²) < 4.78 is 5.87. The summed E-state index contributed by atoms with van der Waals surface area (Å²) in [6, 6.07) is 25.0. The zero-order valence-corrected chi connectivity index (χ0v) is 16.4. The maximum atomic E-state index is 12.2. The Labute approximate surface area is 170 Å². The van der Waals surface area contributed by atoms with E-state index in [9.17, 15) is 9.59 Å². The van der Waals surface area contributed by atoms with Gasteiger partial charge in [0.15, 0.2) is 0 Å². The molecule has 0 fully saturated rings. The van der Waals surface area contributed by atoms with Gasteiger partial charge in [-0.25, -0.2) is 0 Å². The first-order chi connectivity index (χ1) is 14.2. The summed E-state index contributed by atoms with van der Waals surface area (Å²) >= 11 is 0. The molecular formula is C24H24N2O3. The van der Waals surface area contributed by atoms with Gasteiger partial charge in [-0.15, -0.1) is 0 Å². The van der Waals surface area contributed by atoms with Gasteiger partial charge in [0, 0.05) is 24.7 Å². The molecular weight excluding hydrogens is 364 g/mol. The van der Waals surface area contributed by atoms with E-state index in [0.29, 0.717) is 12.1 Å². The first-order valence-electron chi connectivity index (χ1n) is 9.52. The molecule has 0 saturated carbocycles. The third-order valence-corrected chi connectivity index (χ3v) is 4.46. The van der Waals surface area contributed by atoms with E-state index in [1.165, 1.54) is 0 Å². The van der Waals surface area contributed by atoms with E-state index in [0.717, 1.165) is 22.4 Å². The van der Waals surface area contributed by atoms with Crippen LogP contribution in [0, 0.1) is 0 Å². The largest absolute Gasteiger partial charge is 0.492 e. The summed E-state index contributed by atoms with van der Waals surface area (Å²) in [4.78, 5) is 23.9. The summed E-state index contributed by atoms with van der Waals surface area (Å²) in [5, 5.41) is 5.46. The predicted octanol–water partition coefficient (Wildman–Crippen LogP) is 3.80. The fourth-order valence-electron chi connectivity index (χ4n) is 2.96. The minimum atomic E-state index is -0.149. The second-order valence-electron chi connectivity index (χ2n) is 6.52. The van der Waals surface area contributed by atoms with Crippen LogP contribution < -0.4 is 15.4 Å². The van der Waals surface area contributed by atoms with Crippen molar-refractivity contribution < 1.29 is 14.3 Å². The van der Waals surface area contributed by atoms with Crippen molar-refractivity contribution in [3.8, 4) is 16.9 Å². The highest BCUT2D eigenvalue weighted by atomic mass is 16.5. The molecule has 0 bridgehead atoms. The molecule has 2 N–H and O–H groups in total. The van der Waals surface area contributed by atoms with Gasteiger partial charge < -0.3 is 15.4 Å². The van der Waals surface area contributed by atoms with Gasteiger partial charge in [0.2, 0.25) is 5.91 Å². The molecule has 148 valence electrons. The number of benzene rings is 3. The zero-order chi connectivity index (χ0) is 20.5. The van der Waals surface area contributed by atoms with Crippen LogP contribution in [0.1, 0.15) is 22.3 Å². The van der Waals surface area contributed by atoms with Crippen molar-refractivity contribution >= 4 is 11.8 Å². The number of carbonyl (C=O) groups is 2. The van der Waals surface area contributed by atoms with Gasteiger partial charge in [-0.1, -0.05) is 60.7 Å². The number of hydrogen-bond donors (Lipinski definition) is 2.